The number of aliphatic hydroxyl groups is 2. The number of carbonyl (C=O) groups is 11. The zero-order valence-corrected chi connectivity index (χ0v) is 35.0. The molecule has 25 nitrogen and oxygen atoms in total. The fourth-order valence-corrected chi connectivity index (χ4v) is 5.60. The van der Waals surface area contributed by atoms with Crippen LogP contribution in [-0.2, 0) is 52.7 Å². The van der Waals surface area contributed by atoms with E-state index in [4.69, 9.17) is 10.8 Å². The van der Waals surface area contributed by atoms with Crippen LogP contribution in [0.25, 0.3) is 0 Å². The Morgan fingerprint density at radius 1 is 0.475 bits per heavy atom. The van der Waals surface area contributed by atoms with Crippen LogP contribution in [0.4, 0.5) is 0 Å². The van der Waals surface area contributed by atoms with E-state index >= 15 is 0 Å². The molecule has 0 saturated heterocycles. The summed E-state index contributed by atoms with van der Waals surface area (Å²) in [4.78, 5) is 138. The molecule has 0 aliphatic rings. The van der Waals surface area contributed by atoms with Gasteiger partial charge in [-0.25, -0.2) is 4.79 Å². The summed E-state index contributed by atoms with van der Waals surface area (Å²) in [6, 6.07) is -12.5. The average molecular weight is 895 g/mol. The molecule has 0 fully saturated rings. The van der Waals surface area contributed by atoms with Crippen molar-refractivity contribution < 1.29 is 83.4 Å². The van der Waals surface area contributed by atoms with E-state index in [0.717, 1.165) is 0 Å². The summed E-state index contributed by atoms with van der Waals surface area (Å²) in [5, 5.41) is 71.8. The van der Waals surface area contributed by atoms with Crippen LogP contribution in [0.5, 0.6) is 0 Å². The van der Waals surface area contributed by atoms with Gasteiger partial charge in [-0.3, -0.25) is 47.9 Å². The quantitative estimate of drug-likeness (QED) is 0.0310. The van der Waals surface area contributed by atoms with Gasteiger partial charge in [0, 0.05) is 19.3 Å². The van der Waals surface area contributed by atoms with Crippen LogP contribution in [0, 0.1) is 5.92 Å². The summed E-state index contributed by atoms with van der Waals surface area (Å²) in [5.74, 6) is -13.1. The van der Waals surface area contributed by atoms with Gasteiger partial charge in [0.1, 0.15) is 48.3 Å². The van der Waals surface area contributed by atoms with Crippen molar-refractivity contribution in [3.63, 3.8) is 0 Å². The Hall–Kier alpha value is -5.60. The van der Waals surface area contributed by atoms with Crippen molar-refractivity contribution in [2.45, 2.75) is 120 Å². The van der Waals surface area contributed by atoms with Crippen LogP contribution >= 0.6 is 11.8 Å². The third kappa shape index (κ3) is 22.5. The number of aliphatic hydroxyl groups excluding tert-OH is 2. The standard InChI is InChI=1S/C35H58N8O17S/c1-16(2)13-23(35(59)60)42-28(52)17(3)37-30(54)19(5-8-25(46)47)38-31(55)20(6-9-26(48)49)39-33(57)22(11-12-61-4)41-32(56)21(7-10-27(50)51)40-34(58)24(15-45)43-29(53)18(36)14-44/h16-24,44-45H,5-15,36H2,1-4H3,(H,37,54)(H,38,55)(H,39,57)(H,40,58)(H,41,56)(H,42,52)(H,43,53)(H,46,47)(H,48,49)(H,50,51)(H,59,60)/t17-,18-,19-,20-,21-,22-,23-,24-/m0/s1. The number of carboxylic acid groups (broad SMARTS) is 4. The van der Waals surface area contributed by atoms with Crippen molar-refractivity contribution in [2.75, 3.05) is 25.2 Å². The maximum atomic E-state index is 13.7. The lowest BCUT2D eigenvalue weighted by Crippen LogP contribution is -2.60. The molecule has 0 radical (unpaired) electrons. The molecule has 0 aliphatic carbocycles. The molecule has 0 saturated carbocycles. The van der Waals surface area contributed by atoms with Gasteiger partial charge in [-0.05, 0) is 57.0 Å². The maximum absolute atomic E-state index is 13.7. The summed E-state index contributed by atoms with van der Waals surface area (Å²) in [7, 11) is 0. The lowest BCUT2D eigenvalue weighted by molar-refractivity contribution is -0.143. The Kier molecular flexibility index (Phi) is 26.1. The molecule has 0 heterocycles. The van der Waals surface area contributed by atoms with Crippen molar-refractivity contribution in [1.82, 2.24) is 37.2 Å². The molecule has 0 aromatic rings. The van der Waals surface area contributed by atoms with E-state index in [1.165, 1.54) is 18.7 Å². The van der Waals surface area contributed by atoms with E-state index in [2.05, 4.69) is 37.2 Å². The highest BCUT2D eigenvalue weighted by molar-refractivity contribution is 7.98. The number of carboxylic acids is 4. The van der Waals surface area contributed by atoms with E-state index in [9.17, 15) is 78.3 Å². The monoisotopic (exact) mass is 894 g/mol. The molecule has 8 atom stereocenters. The molecule has 0 aliphatic heterocycles. The fraction of sp³-hybridized carbons (Fsp3) is 0.686. The number of thioether (sulfide) groups is 1. The summed E-state index contributed by atoms with van der Waals surface area (Å²) in [6.07, 6.45) is -2.27. The normalized spacial score (nSPS) is 14.9. The second kappa shape index (κ2) is 28.8. The zero-order chi connectivity index (χ0) is 47.0. The minimum atomic E-state index is -1.74. The first-order valence-electron chi connectivity index (χ1n) is 18.9. The molecule has 7 amide bonds. The van der Waals surface area contributed by atoms with Gasteiger partial charge in [-0.15, -0.1) is 0 Å². The second-order valence-corrected chi connectivity index (χ2v) is 15.1. The van der Waals surface area contributed by atoms with E-state index in [1.54, 1.807) is 20.1 Å². The molecule has 0 bridgehead atoms. The smallest absolute Gasteiger partial charge is 0.326 e. The molecule has 61 heavy (non-hydrogen) atoms. The van der Waals surface area contributed by atoms with Gasteiger partial charge in [-0.1, -0.05) is 13.8 Å². The van der Waals surface area contributed by atoms with Crippen molar-refractivity contribution in [3.8, 4) is 0 Å². The maximum Gasteiger partial charge on any atom is 0.326 e. The summed E-state index contributed by atoms with van der Waals surface area (Å²) in [5.41, 5.74) is 5.41. The van der Waals surface area contributed by atoms with Crippen LogP contribution in [0.15, 0.2) is 0 Å². The third-order valence-corrected chi connectivity index (χ3v) is 9.15. The number of aliphatic carboxylic acids is 4. The van der Waals surface area contributed by atoms with Gasteiger partial charge >= 0.3 is 23.9 Å². The first-order valence-corrected chi connectivity index (χ1v) is 20.3. The van der Waals surface area contributed by atoms with Crippen LogP contribution < -0.4 is 43.0 Å². The van der Waals surface area contributed by atoms with Crippen LogP contribution in [0.1, 0.15) is 72.1 Å². The SMILES string of the molecule is CSCC[C@H](NC(=O)[C@H](CCC(=O)O)NC(=O)[C@H](CO)NC(=O)[C@@H](N)CO)C(=O)N[C@@H](CCC(=O)O)C(=O)N[C@@H](CCC(=O)O)C(=O)N[C@@H](C)C(=O)N[C@@H](CC(C)C)C(=O)O. The van der Waals surface area contributed by atoms with Crippen molar-refractivity contribution in [1.29, 1.82) is 0 Å². The number of rotatable bonds is 31. The molecule has 346 valence electrons. The van der Waals surface area contributed by atoms with E-state index < -0.39 is 165 Å². The first-order chi connectivity index (χ1) is 28.5. The molecule has 0 rings (SSSR count). The molecule has 26 heteroatoms. The minimum Gasteiger partial charge on any atom is -0.481 e. The van der Waals surface area contributed by atoms with Gasteiger partial charge in [-0.2, -0.15) is 11.8 Å². The number of amides is 7. The van der Waals surface area contributed by atoms with E-state index in [1.807, 2.05) is 0 Å². The van der Waals surface area contributed by atoms with Gasteiger partial charge in [0.2, 0.25) is 41.4 Å². The largest absolute Gasteiger partial charge is 0.481 e. The number of hydrogen-bond donors (Lipinski definition) is 14. The Bertz CT molecular complexity index is 1570. The topological polar surface area (TPSA) is 419 Å². The number of nitrogens with two attached hydrogens (primary N) is 1. The highest BCUT2D eigenvalue weighted by Crippen LogP contribution is 2.09. The predicted molar refractivity (Wildman–Crippen MR) is 212 cm³/mol. The third-order valence-electron chi connectivity index (χ3n) is 8.51. The fourth-order valence-electron chi connectivity index (χ4n) is 5.13. The molecule has 0 aromatic carbocycles. The van der Waals surface area contributed by atoms with E-state index in [-0.39, 0.29) is 24.5 Å². The molecular weight excluding hydrogens is 836 g/mol. The highest BCUT2D eigenvalue weighted by Gasteiger charge is 2.34. The average Bonchev–Trinajstić information content (AvgIpc) is 3.18. The van der Waals surface area contributed by atoms with Gasteiger partial charge in [0.15, 0.2) is 0 Å². The Morgan fingerprint density at radius 2 is 0.820 bits per heavy atom. The lowest BCUT2D eigenvalue weighted by Gasteiger charge is -2.27. The van der Waals surface area contributed by atoms with Crippen molar-refractivity contribution >= 4 is 77.0 Å². The Labute approximate surface area is 354 Å². The molecular formula is C35H58N8O17S. The lowest BCUT2D eigenvalue weighted by atomic mass is 10.0. The summed E-state index contributed by atoms with van der Waals surface area (Å²) in [6.45, 7) is 2.81. The van der Waals surface area contributed by atoms with E-state index in [0.29, 0.717) is 0 Å². The Morgan fingerprint density at radius 3 is 1.15 bits per heavy atom. The molecule has 0 spiro atoms. The van der Waals surface area contributed by atoms with Crippen LogP contribution in [0.3, 0.4) is 0 Å². The molecule has 15 N–H and O–H groups in total. The van der Waals surface area contributed by atoms with Crippen molar-refractivity contribution in [3.05, 3.63) is 0 Å². The molecule has 0 unspecified atom stereocenters. The predicted octanol–water partition coefficient (Wildman–Crippen LogP) is -4.81. The van der Waals surface area contributed by atoms with Gasteiger partial charge < -0.3 is 73.6 Å². The van der Waals surface area contributed by atoms with Gasteiger partial charge in [0.25, 0.3) is 0 Å². The summed E-state index contributed by atoms with van der Waals surface area (Å²) >= 11 is 1.21. The van der Waals surface area contributed by atoms with Crippen molar-refractivity contribution in [2.24, 2.45) is 11.7 Å². The minimum absolute atomic E-state index is 0.0563. The summed E-state index contributed by atoms with van der Waals surface area (Å²) < 4.78 is 0. The number of nitrogens with one attached hydrogen (secondary N) is 7. The highest BCUT2D eigenvalue weighted by atomic mass is 32.2. The Balaban J connectivity index is 6.41. The molecule has 0 aromatic heterocycles. The second-order valence-electron chi connectivity index (χ2n) is 14.1. The van der Waals surface area contributed by atoms with Crippen LogP contribution in [-0.4, -0.2) is 169 Å². The zero-order valence-electron chi connectivity index (χ0n) is 34.1. The van der Waals surface area contributed by atoms with Crippen LogP contribution in [0.2, 0.25) is 0 Å². The number of carbonyl (C=O) groups excluding carboxylic acids is 7. The first kappa shape index (κ1) is 55.4. The number of hydrogen-bond acceptors (Lipinski definition) is 15. The van der Waals surface area contributed by atoms with Gasteiger partial charge in [0.05, 0.1) is 13.2 Å².